The van der Waals surface area contributed by atoms with Crippen molar-refractivity contribution in [2.45, 2.75) is 0 Å². The van der Waals surface area contributed by atoms with Gasteiger partial charge in [-0.2, -0.15) is 5.26 Å². The van der Waals surface area contributed by atoms with E-state index in [4.69, 9.17) is 10.00 Å². The molecule has 3 rings (SSSR count). The highest BCUT2D eigenvalue weighted by atomic mass is 16.5. The van der Waals surface area contributed by atoms with Crippen LogP contribution in [-0.4, -0.2) is 9.97 Å². The van der Waals surface area contributed by atoms with Gasteiger partial charge in [0.2, 0.25) is 5.88 Å². The van der Waals surface area contributed by atoms with Crippen molar-refractivity contribution in [3.8, 4) is 17.7 Å². The summed E-state index contributed by atoms with van der Waals surface area (Å²) in [5.74, 6) is 0.809. The van der Waals surface area contributed by atoms with Crippen LogP contribution in [0, 0.1) is 11.3 Å². The number of nitrogens with zero attached hydrogens (tertiary/aromatic N) is 2. The Morgan fingerprint density at radius 1 is 1.39 bits per heavy atom. The van der Waals surface area contributed by atoms with E-state index >= 15 is 0 Å². The molecule has 2 aromatic rings. The second-order valence-corrected chi connectivity index (χ2v) is 3.70. The molecule has 0 radical (unpaired) electrons. The molecule has 5 heteroatoms. The van der Waals surface area contributed by atoms with E-state index in [9.17, 15) is 4.79 Å². The molecule has 1 aliphatic rings. The number of aromatic amines is 1. The van der Waals surface area contributed by atoms with Gasteiger partial charge in [0.1, 0.15) is 11.3 Å². The predicted molar refractivity (Wildman–Crippen MR) is 64.1 cm³/mol. The fourth-order valence-corrected chi connectivity index (χ4v) is 1.93. The van der Waals surface area contributed by atoms with Crippen molar-refractivity contribution in [2.75, 3.05) is 0 Å². The Bertz CT molecular complexity index is 753. The maximum absolute atomic E-state index is 11.8. The van der Waals surface area contributed by atoms with Crippen LogP contribution in [0.4, 0.5) is 0 Å². The maximum atomic E-state index is 11.8. The summed E-state index contributed by atoms with van der Waals surface area (Å²) in [6.07, 6.45) is 2.61. The van der Waals surface area contributed by atoms with Crippen molar-refractivity contribution < 1.29 is 4.74 Å². The van der Waals surface area contributed by atoms with E-state index in [0.29, 0.717) is 16.9 Å². The molecule has 5 nitrogen and oxygen atoms in total. The SMILES string of the molecule is N#C/C=C1/c2ccccc2Oc2nc[nH]c(=O)c21. The Balaban J connectivity index is 2.37. The predicted octanol–water partition coefficient (Wildman–Crippen LogP) is 1.83. The molecule has 0 bridgehead atoms. The average Bonchev–Trinajstić information content (AvgIpc) is 2.39. The fourth-order valence-electron chi connectivity index (χ4n) is 1.93. The van der Waals surface area contributed by atoms with Crippen molar-refractivity contribution in [3.63, 3.8) is 0 Å². The van der Waals surface area contributed by atoms with Gasteiger partial charge in [0.25, 0.3) is 5.56 Å². The molecule has 2 heterocycles. The summed E-state index contributed by atoms with van der Waals surface area (Å²) in [7, 11) is 0. The summed E-state index contributed by atoms with van der Waals surface area (Å²) in [5, 5.41) is 8.86. The molecule has 0 unspecified atom stereocenters. The number of hydrogen-bond acceptors (Lipinski definition) is 4. The molecule has 86 valence electrons. The van der Waals surface area contributed by atoms with Gasteiger partial charge in [-0.15, -0.1) is 0 Å². The number of nitriles is 1. The summed E-state index contributed by atoms with van der Waals surface area (Å²) < 4.78 is 5.55. The number of para-hydroxylation sites is 1. The molecule has 1 aliphatic heterocycles. The molecule has 0 spiro atoms. The number of nitrogens with one attached hydrogen (secondary N) is 1. The van der Waals surface area contributed by atoms with Crippen molar-refractivity contribution in [1.82, 2.24) is 9.97 Å². The summed E-state index contributed by atoms with van der Waals surface area (Å²) in [5.41, 5.74) is 1.21. The quantitative estimate of drug-likeness (QED) is 0.605. The minimum Gasteiger partial charge on any atom is -0.437 e. The first-order chi connectivity index (χ1) is 8.81. The van der Waals surface area contributed by atoms with Crippen molar-refractivity contribution in [1.29, 1.82) is 5.26 Å². The Hall–Kier alpha value is -2.87. The lowest BCUT2D eigenvalue weighted by Gasteiger charge is -2.19. The molecule has 18 heavy (non-hydrogen) atoms. The van der Waals surface area contributed by atoms with Crippen LogP contribution in [-0.2, 0) is 0 Å². The van der Waals surface area contributed by atoms with E-state index in [1.54, 1.807) is 12.1 Å². The topological polar surface area (TPSA) is 78.8 Å². The normalized spacial score (nSPS) is 14.3. The zero-order valence-electron chi connectivity index (χ0n) is 9.18. The monoisotopic (exact) mass is 237 g/mol. The first kappa shape index (κ1) is 10.3. The fraction of sp³-hybridized carbons (Fsp3) is 0. The standard InChI is InChI=1S/C13H7N3O2/c14-6-5-9-8-3-1-2-4-10(8)18-13-11(9)12(17)15-7-16-13/h1-5,7H,(H,15,16,17)/b9-5-. The number of ether oxygens (including phenoxy) is 1. The van der Waals surface area contributed by atoms with Crippen molar-refractivity contribution in [3.05, 3.63) is 58.1 Å². The first-order valence-corrected chi connectivity index (χ1v) is 5.26. The van der Waals surface area contributed by atoms with E-state index in [1.165, 1.54) is 12.4 Å². The number of H-pyrrole nitrogens is 1. The summed E-state index contributed by atoms with van der Waals surface area (Å²) in [6, 6.07) is 9.16. The van der Waals surface area contributed by atoms with Crippen LogP contribution in [0.5, 0.6) is 11.6 Å². The average molecular weight is 237 g/mol. The lowest BCUT2D eigenvalue weighted by Crippen LogP contribution is -2.17. The van der Waals surface area contributed by atoms with Crippen LogP contribution >= 0.6 is 0 Å². The highest BCUT2D eigenvalue weighted by molar-refractivity contribution is 5.87. The Labute approximate surface area is 102 Å². The van der Waals surface area contributed by atoms with E-state index < -0.39 is 0 Å². The Morgan fingerprint density at radius 3 is 3.06 bits per heavy atom. The molecule has 1 aromatic heterocycles. The molecule has 0 aliphatic carbocycles. The number of benzene rings is 1. The zero-order valence-corrected chi connectivity index (χ0v) is 9.18. The smallest absolute Gasteiger partial charge is 0.262 e. The number of aromatic nitrogens is 2. The van der Waals surface area contributed by atoms with Crippen LogP contribution in [0.15, 0.2) is 41.5 Å². The van der Waals surface area contributed by atoms with Gasteiger partial charge in [-0.25, -0.2) is 4.98 Å². The van der Waals surface area contributed by atoms with Crippen LogP contribution in [0.3, 0.4) is 0 Å². The van der Waals surface area contributed by atoms with Crippen molar-refractivity contribution in [2.24, 2.45) is 0 Å². The van der Waals surface area contributed by atoms with E-state index in [1.807, 2.05) is 18.2 Å². The van der Waals surface area contributed by atoms with Gasteiger partial charge in [0.15, 0.2) is 0 Å². The van der Waals surface area contributed by atoms with Gasteiger partial charge in [-0.3, -0.25) is 4.79 Å². The molecule has 0 saturated carbocycles. The third kappa shape index (κ3) is 1.40. The minimum atomic E-state index is -0.323. The summed E-state index contributed by atoms with van der Waals surface area (Å²) >= 11 is 0. The van der Waals surface area contributed by atoms with Gasteiger partial charge in [0, 0.05) is 17.2 Å². The number of hydrogen-bond donors (Lipinski definition) is 1. The number of allylic oxidation sites excluding steroid dienone is 1. The van der Waals surface area contributed by atoms with Gasteiger partial charge >= 0.3 is 0 Å². The minimum absolute atomic E-state index is 0.221. The third-order valence-corrected chi connectivity index (χ3v) is 2.68. The lowest BCUT2D eigenvalue weighted by atomic mass is 9.96. The van der Waals surface area contributed by atoms with Gasteiger partial charge in [0.05, 0.1) is 12.4 Å². The second kappa shape index (κ2) is 3.86. The van der Waals surface area contributed by atoms with Crippen molar-refractivity contribution >= 4 is 5.57 Å². The molecule has 0 fully saturated rings. The Morgan fingerprint density at radius 2 is 2.22 bits per heavy atom. The highest BCUT2D eigenvalue weighted by Crippen LogP contribution is 2.39. The molecule has 0 saturated heterocycles. The van der Waals surface area contributed by atoms with Crippen LogP contribution in [0.2, 0.25) is 0 Å². The van der Waals surface area contributed by atoms with Gasteiger partial charge in [-0.1, -0.05) is 18.2 Å². The molecule has 0 atom stereocenters. The van der Waals surface area contributed by atoms with Gasteiger partial charge in [-0.05, 0) is 6.07 Å². The highest BCUT2D eigenvalue weighted by Gasteiger charge is 2.25. The van der Waals surface area contributed by atoms with Crippen LogP contribution < -0.4 is 10.3 Å². The van der Waals surface area contributed by atoms with Crippen LogP contribution in [0.25, 0.3) is 5.57 Å². The largest absolute Gasteiger partial charge is 0.437 e. The third-order valence-electron chi connectivity index (χ3n) is 2.68. The number of fused-ring (bicyclic) bond motifs is 2. The molecular weight excluding hydrogens is 230 g/mol. The van der Waals surface area contributed by atoms with Crippen LogP contribution in [0.1, 0.15) is 11.1 Å². The molecule has 1 N–H and O–H groups in total. The first-order valence-electron chi connectivity index (χ1n) is 5.26. The second-order valence-electron chi connectivity index (χ2n) is 3.70. The number of rotatable bonds is 0. The molecule has 0 amide bonds. The van der Waals surface area contributed by atoms with E-state index in [-0.39, 0.29) is 17.0 Å². The summed E-state index contributed by atoms with van der Waals surface area (Å²) in [6.45, 7) is 0. The maximum Gasteiger partial charge on any atom is 0.262 e. The van der Waals surface area contributed by atoms with Gasteiger partial charge < -0.3 is 9.72 Å². The zero-order chi connectivity index (χ0) is 12.5. The lowest BCUT2D eigenvalue weighted by molar-refractivity contribution is 0.451. The van der Waals surface area contributed by atoms with E-state index in [0.717, 1.165) is 0 Å². The molecular formula is C13H7N3O2. The molecule has 1 aromatic carbocycles. The summed E-state index contributed by atoms with van der Waals surface area (Å²) in [4.78, 5) is 18.3. The Kier molecular flexibility index (Phi) is 2.21. The van der Waals surface area contributed by atoms with E-state index in [2.05, 4.69) is 9.97 Å².